The van der Waals surface area contributed by atoms with Crippen LogP contribution in [0.25, 0.3) is 0 Å². The predicted octanol–water partition coefficient (Wildman–Crippen LogP) is 0.886. The molecule has 13 heavy (non-hydrogen) atoms. The monoisotopic (exact) mass is 184 g/mol. The van der Waals surface area contributed by atoms with Crippen LogP contribution in [-0.4, -0.2) is 18.5 Å². The van der Waals surface area contributed by atoms with Gasteiger partial charge < -0.3 is 11.1 Å². The topological polar surface area (TPSA) is 55.1 Å². The summed E-state index contributed by atoms with van der Waals surface area (Å²) in [5.74, 6) is 0.747. The molecule has 0 aromatic heterocycles. The Kier molecular flexibility index (Phi) is 2.96. The van der Waals surface area contributed by atoms with Crippen molar-refractivity contribution in [1.29, 1.82) is 0 Å². The van der Waals surface area contributed by atoms with Gasteiger partial charge in [0, 0.05) is 0 Å². The zero-order valence-electron chi connectivity index (χ0n) is 8.76. The van der Waals surface area contributed by atoms with Gasteiger partial charge in [-0.25, -0.2) is 0 Å². The van der Waals surface area contributed by atoms with Gasteiger partial charge in [0.05, 0.1) is 0 Å². The molecule has 1 rings (SSSR count). The minimum Gasteiger partial charge on any atom is -0.368 e. The highest BCUT2D eigenvalue weighted by molar-refractivity contribution is 5.85. The van der Waals surface area contributed by atoms with Gasteiger partial charge in [0.2, 0.25) is 5.91 Å². The second kappa shape index (κ2) is 3.66. The number of nitrogens with one attached hydrogen (secondary N) is 1. The highest BCUT2D eigenvalue weighted by Crippen LogP contribution is 2.36. The van der Waals surface area contributed by atoms with Crippen molar-refractivity contribution < 1.29 is 4.79 Å². The summed E-state index contributed by atoms with van der Waals surface area (Å²) in [7, 11) is 1.83. The molecule has 1 aliphatic rings. The minimum absolute atomic E-state index is 0.200. The zero-order chi connectivity index (χ0) is 10.1. The average molecular weight is 184 g/mol. The molecule has 0 aromatic carbocycles. The number of rotatable bonds is 2. The van der Waals surface area contributed by atoms with Crippen LogP contribution in [0.5, 0.6) is 0 Å². The fourth-order valence-electron chi connectivity index (χ4n) is 2.45. The summed E-state index contributed by atoms with van der Waals surface area (Å²) in [4.78, 5) is 11.4. The molecule has 3 atom stereocenters. The van der Waals surface area contributed by atoms with Crippen LogP contribution in [0.3, 0.4) is 0 Å². The van der Waals surface area contributed by atoms with E-state index in [0.29, 0.717) is 11.8 Å². The summed E-state index contributed by atoms with van der Waals surface area (Å²) in [6.45, 7) is 4.29. The Bertz CT molecular complexity index is 205. The van der Waals surface area contributed by atoms with E-state index < -0.39 is 5.54 Å². The van der Waals surface area contributed by atoms with Gasteiger partial charge in [0.1, 0.15) is 5.54 Å². The highest BCUT2D eigenvalue weighted by Gasteiger charge is 2.44. The summed E-state index contributed by atoms with van der Waals surface area (Å²) in [5, 5.41) is 3.12. The van der Waals surface area contributed by atoms with Crippen molar-refractivity contribution in [2.24, 2.45) is 17.6 Å². The Hall–Kier alpha value is -0.570. The Balaban J connectivity index is 2.86. The van der Waals surface area contributed by atoms with Crippen molar-refractivity contribution in [1.82, 2.24) is 5.32 Å². The lowest BCUT2D eigenvalue weighted by Crippen LogP contribution is -2.60. The predicted molar refractivity (Wildman–Crippen MR) is 53.2 cm³/mol. The smallest absolute Gasteiger partial charge is 0.238 e. The molecule has 1 fully saturated rings. The van der Waals surface area contributed by atoms with Crippen LogP contribution >= 0.6 is 0 Å². The van der Waals surface area contributed by atoms with E-state index >= 15 is 0 Å². The van der Waals surface area contributed by atoms with Gasteiger partial charge in [-0.1, -0.05) is 20.3 Å². The third-order valence-electron chi connectivity index (χ3n) is 3.49. The number of carbonyl (C=O) groups is 1. The van der Waals surface area contributed by atoms with E-state index in [1.165, 1.54) is 6.42 Å². The summed E-state index contributed by atoms with van der Waals surface area (Å²) < 4.78 is 0. The third-order valence-corrected chi connectivity index (χ3v) is 3.49. The second-order valence-corrected chi connectivity index (χ2v) is 4.37. The normalized spacial score (nSPS) is 40.2. The molecule has 1 saturated carbocycles. The van der Waals surface area contributed by atoms with E-state index in [9.17, 15) is 4.79 Å². The molecule has 0 bridgehead atoms. The van der Waals surface area contributed by atoms with Crippen LogP contribution < -0.4 is 11.1 Å². The molecule has 0 saturated heterocycles. The number of carbonyl (C=O) groups excluding carboxylic acids is 1. The van der Waals surface area contributed by atoms with Crippen molar-refractivity contribution in [3.8, 4) is 0 Å². The lowest BCUT2D eigenvalue weighted by molar-refractivity contribution is -0.128. The standard InChI is InChI=1S/C10H20N2O/c1-7-4-5-8(2)10(6-7,12-3)9(11)13/h7-8,12H,4-6H2,1-3H3,(H2,11,13). The van der Waals surface area contributed by atoms with Gasteiger partial charge in [-0.3, -0.25) is 4.79 Å². The van der Waals surface area contributed by atoms with Crippen molar-refractivity contribution in [3.05, 3.63) is 0 Å². The lowest BCUT2D eigenvalue weighted by atomic mass is 9.69. The Morgan fingerprint density at radius 2 is 2.08 bits per heavy atom. The van der Waals surface area contributed by atoms with Crippen molar-refractivity contribution >= 4 is 5.91 Å². The molecule has 0 aliphatic heterocycles. The van der Waals surface area contributed by atoms with E-state index in [-0.39, 0.29) is 5.91 Å². The van der Waals surface area contributed by atoms with E-state index in [0.717, 1.165) is 12.8 Å². The lowest BCUT2D eigenvalue weighted by Gasteiger charge is -2.42. The van der Waals surface area contributed by atoms with Crippen LogP contribution in [0.4, 0.5) is 0 Å². The molecule has 3 unspecified atom stereocenters. The molecule has 0 spiro atoms. The van der Waals surface area contributed by atoms with E-state index in [4.69, 9.17) is 5.73 Å². The maximum absolute atomic E-state index is 11.4. The summed E-state index contributed by atoms with van der Waals surface area (Å²) in [5.41, 5.74) is 5.00. The van der Waals surface area contributed by atoms with Crippen LogP contribution in [-0.2, 0) is 4.79 Å². The maximum atomic E-state index is 11.4. The molecular weight excluding hydrogens is 164 g/mol. The Labute approximate surface area is 80.1 Å². The molecule has 76 valence electrons. The fraction of sp³-hybridized carbons (Fsp3) is 0.900. The van der Waals surface area contributed by atoms with E-state index in [1.54, 1.807) is 0 Å². The quantitative estimate of drug-likeness (QED) is 0.669. The van der Waals surface area contributed by atoms with Gasteiger partial charge in [-0.05, 0) is 31.7 Å². The van der Waals surface area contributed by atoms with E-state index in [2.05, 4.69) is 19.2 Å². The summed E-state index contributed by atoms with van der Waals surface area (Å²) in [6, 6.07) is 0. The summed E-state index contributed by atoms with van der Waals surface area (Å²) >= 11 is 0. The maximum Gasteiger partial charge on any atom is 0.238 e. The molecule has 1 amide bonds. The summed E-state index contributed by atoms with van der Waals surface area (Å²) in [6.07, 6.45) is 3.17. The third kappa shape index (κ3) is 1.70. The first-order valence-electron chi connectivity index (χ1n) is 5.01. The second-order valence-electron chi connectivity index (χ2n) is 4.37. The van der Waals surface area contributed by atoms with Gasteiger partial charge in [-0.15, -0.1) is 0 Å². The number of primary amides is 1. The first kappa shape index (κ1) is 10.5. The average Bonchev–Trinajstić information content (AvgIpc) is 2.09. The van der Waals surface area contributed by atoms with Crippen LogP contribution in [0.15, 0.2) is 0 Å². The number of likely N-dealkylation sites (N-methyl/N-ethyl adjacent to an activating group) is 1. The van der Waals surface area contributed by atoms with Crippen molar-refractivity contribution in [3.63, 3.8) is 0 Å². The molecular formula is C10H20N2O. The Morgan fingerprint density at radius 1 is 1.46 bits per heavy atom. The van der Waals surface area contributed by atoms with Crippen molar-refractivity contribution in [2.45, 2.75) is 38.6 Å². The van der Waals surface area contributed by atoms with Crippen LogP contribution in [0.1, 0.15) is 33.1 Å². The number of amides is 1. The molecule has 0 aromatic rings. The number of hydrogen-bond donors (Lipinski definition) is 2. The largest absolute Gasteiger partial charge is 0.368 e. The SMILES string of the molecule is CNC1(C(N)=O)CC(C)CCC1C. The van der Waals surface area contributed by atoms with Gasteiger partial charge in [-0.2, -0.15) is 0 Å². The van der Waals surface area contributed by atoms with Gasteiger partial charge >= 0.3 is 0 Å². The zero-order valence-corrected chi connectivity index (χ0v) is 8.76. The molecule has 1 aliphatic carbocycles. The highest BCUT2D eigenvalue weighted by atomic mass is 16.1. The van der Waals surface area contributed by atoms with E-state index in [1.807, 2.05) is 7.05 Å². The Morgan fingerprint density at radius 3 is 2.46 bits per heavy atom. The van der Waals surface area contributed by atoms with Crippen molar-refractivity contribution in [2.75, 3.05) is 7.05 Å². The molecule has 3 heteroatoms. The molecule has 3 nitrogen and oxygen atoms in total. The minimum atomic E-state index is -0.461. The fourth-order valence-corrected chi connectivity index (χ4v) is 2.45. The number of nitrogens with two attached hydrogens (primary N) is 1. The molecule has 3 N–H and O–H groups in total. The van der Waals surface area contributed by atoms with Gasteiger partial charge in [0.15, 0.2) is 0 Å². The van der Waals surface area contributed by atoms with Crippen LogP contribution in [0.2, 0.25) is 0 Å². The first-order valence-corrected chi connectivity index (χ1v) is 5.01. The van der Waals surface area contributed by atoms with Crippen LogP contribution in [0, 0.1) is 11.8 Å². The molecule has 0 radical (unpaired) electrons. The molecule has 0 heterocycles. The number of hydrogen-bond acceptors (Lipinski definition) is 2. The first-order chi connectivity index (χ1) is 6.03. The van der Waals surface area contributed by atoms with Gasteiger partial charge in [0.25, 0.3) is 0 Å².